The van der Waals surface area contributed by atoms with E-state index >= 15 is 0 Å². The molecule has 2 aromatic rings. The molecule has 0 saturated carbocycles. The summed E-state index contributed by atoms with van der Waals surface area (Å²) in [5.41, 5.74) is 1.74. The van der Waals surface area contributed by atoms with Gasteiger partial charge in [-0.25, -0.2) is 4.98 Å². The SMILES string of the molecule is CC[C@H]1CN2CC[C@@H]1C[C@H]2[C@@H](O)c1cc(OCCCN(C)C)nc2ccc(OC)cc12. The van der Waals surface area contributed by atoms with Gasteiger partial charge < -0.3 is 19.5 Å². The molecule has 3 aliphatic heterocycles. The van der Waals surface area contributed by atoms with Gasteiger partial charge in [-0.05, 0) is 75.5 Å². The largest absolute Gasteiger partial charge is 0.497 e. The number of pyridine rings is 1. The average Bonchev–Trinajstić information content (AvgIpc) is 2.80. The van der Waals surface area contributed by atoms with Gasteiger partial charge in [0.25, 0.3) is 0 Å². The first-order valence-corrected chi connectivity index (χ1v) is 11.7. The number of hydrogen-bond acceptors (Lipinski definition) is 6. The number of nitrogens with zero attached hydrogens (tertiary/aromatic N) is 3. The number of benzene rings is 1. The van der Waals surface area contributed by atoms with Crippen LogP contribution in [0.4, 0.5) is 0 Å². The predicted molar refractivity (Wildman–Crippen MR) is 124 cm³/mol. The highest BCUT2D eigenvalue weighted by Crippen LogP contribution is 2.43. The third kappa shape index (κ3) is 4.81. The van der Waals surface area contributed by atoms with Gasteiger partial charge in [0.1, 0.15) is 5.75 Å². The maximum Gasteiger partial charge on any atom is 0.214 e. The predicted octanol–water partition coefficient (Wildman–Crippen LogP) is 3.73. The zero-order valence-corrected chi connectivity index (χ0v) is 19.4. The number of ether oxygens (including phenoxy) is 2. The Labute approximate surface area is 186 Å². The fourth-order valence-electron chi connectivity index (χ4n) is 5.39. The van der Waals surface area contributed by atoms with E-state index in [0.717, 1.165) is 66.5 Å². The van der Waals surface area contributed by atoms with Crippen molar-refractivity contribution in [3.8, 4) is 11.6 Å². The number of fused-ring (bicyclic) bond motifs is 4. The van der Waals surface area contributed by atoms with Crippen molar-refractivity contribution in [1.82, 2.24) is 14.8 Å². The van der Waals surface area contributed by atoms with Gasteiger partial charge >= 0.3 is 0 Å². The highest BCUT2D eigenvalue weighted by atomic mass is 16.5. The first-order chi connectivity index (χ1) is 15.0. The Morgan fingerprint density at radius 2 is 2.13 bits per heavy atom. The van der Waals surface area contributed by atoms with Gasteiger partial charge in [-0.3, -0.25) is 4.90 Å². The minimum absolute atomic E-state index is 0.153. The first-order valence-electron chi connectivity index (χ1n) is 11.7. The van der Waals surface area contributed by atoms with E-state index in [2.05, 4.69) is 30.8 Å². The summed E-state index contributed by atoms with van der Waals surface area (Å²) >= 11 is 0. The Bertz CT molecular complexity index is 888. The molecule has 0 amide bonds. The van der Waals surface area contributed by atoms with E-state index < -0.39 is 6.10 Å². The Hall–Kier alpha value is -1.89. The molecule has 3 fully saturated rings. The van der Waals surface area contributed by atoms with E-state index in [1.54, 1.807) is 7.11 Å². The number of piperidine rings is 3. The molecule has 3 aliphatic rings. The zero-order chi connectivity index (χ0) is 22.0. The summed E-state index contributed by atoms with van der Waals surface area (Å²) in [7, 11) is 5.79. The fourth-order valence-corrected chi connectivity index (χ4v) is 5.39. The van der Waals surface area contributed by atoms with Crippen LogP contribution in [0.2, 0.25) is 0 Å². The van der Waals surface area contributed by atoms with Crippen LogP contribution < -0.4 is 9.47 Å². The molecular weight excluding hydrogens is 390 g/mol. The van der Waals surface area contributed by atoms with Crippen LogP contribution in [0.25, 0.3) is 10.9 Å². The molecule has 1 aromatic carbocycles. The lowest BCUT2D eigenvalue weighted by Gasteiger charge is -2.51. The van der Waals surface area contributed by atoms with Crippen LogP contribution in [0, 0.1) is 11.8 Å². The molecule has 2 bridgehead atoms. The lowest BCUT2D eigenvalue weighted by molar-refractivity contribution is -0.0562. The van der Waals surface area contributed by atoms with Crippen molar-refractivity contribution in [1.29, 1.82) is 0 Å². The molecule has 0 radical (unpaired) electrons. The minimum Gasteiger partial charge on any atom is -0.497 e. The van der Waals surface area contributed by atoms with Crippen LogP contribution >= 0.6 is 0 Å². The molecule has 1 N–H and O–H groups in total. The van der Waals surface area contributed by atoms with Crippen molar-refractivity contribution in [3.63, 3.8) is 0 Å². The molecular formula is C25H37N3O3. The summed E-state index contributed by atoms with van der Waals surface area (Å²) in [6, 6.07) is 7.96. The van der Waals surface area contributed by atoms with Crippen molar-refractivity contribution in [2.24, 2.45) is 11.8 Å². The quantitative estimate of drug-likeness (QED) is 0.616. The Balaban J connectivity index is 1.62. The van der Waals surface area contributed by atoms with E-state index in [0.29, 0.717) is 12.5 Å². The first kappa shape index (κ1) is 22.3. The molecule has 6 nitrogen and oxygen atoms in total. The van der Waals surface area contributed by atoms with Crippen LogP contribution in [-0.4, -0.2) is 73.4 Å². The zero-order valence-electron chi connectivity index (χ0n) is 19.4. The second-order valence-corrected chi connectivity index (χ2v) is 9.40. The minimum atomic E-state index is -0.567. The van der Waals surface area contributed by atoms with Crippen molar-refractivity contribution in [2.45, 2.75) is 44.8 Å². The van der Waals surface area contributed by atoms with Crippen LogP contribution in [-0.2, 0) is 0 Å². The second kappa shape index (κ2) is 9.72. The number of aliphatic hydroxyl groups is 1. The number of aromatic nitrogens is 1. The van der Waals surface area contributed by atoms with E-state index in [9.17, 15) is 5.11 Å². The van der Waals surface area contributed by atoms with Gasteiger partial charge in [0.15, 0.2) is 0 Å². The Morgan fingerprint density at radius 3 is 2.81 bits per heavy atom. The van der Waals surface area contributed by atoms with Gasteiger partial charge in [-0.1, -0.05) is 13.3 Å². The fraction of sp³-hybridized carbons (Fsp3) is 0.640. The smallest absolute Gasteiger partial charge is 0.214 e. The monoisotopic (exact) mass is 427 g/mol. The number of rotatable bonds is 9. The van der Waals surface area contributed by atoms with E-state index in [1.807, 2.05) is 24.3 Å². The molecule has 6 heteroatoms. The van der Waals surface area contributed by atoms with Crippen molar-refractivity contribution in [3.05, 3.63) is 29.8 Å². The summed E-state index contributed by atoms with van der Waals surface area (Å²) in [4.78, 5) is 9.36. The van der Waals surface area contributed by atoms with Crippen LogP contribution in [0.5, 0.6) is 11.6 Å². The summed E-state index contributed by atoms with van der Waals surface area (Å²) < 4.78 is 11.5. The highest BCUT2D eigenvalue weighted by Gasteiger charge is 2.42. The number of methoxy groups -OCH3 is 1. The molecule has 5 rings (SSSR count). The maximum absolute atomic E-state index is 11.6. The third-order valence-corrected chi connectivity index (χ3v) is 7.17. The van der Waals surface area contributed by atoms with Crippen molar-refractivity contribution in [2.75, 3.05) is 47.4 Å². The van der Waals surface area contributed by atoms with E-state index in [4.69, 9.17) is 14.5 Å². The number of aliphatic hydroxyl groups excluding tert-OH is 1. The molecule has 1 aromatic heterocycles. The molecule has 1 unspecified atom stereocenters. The summed E-state index contributed by atoms with van der Waals surface area (Å²) in [6.07, 6.45) is 3.91. The molecule has 0 aliphatic carbocycles. The number of hydrogen-bond donors (Lipinski definition) is 1. The topological polar surface area (TPSA) is 58.1 Å². The van der Waals surface area contributed by atoms with Crippen molar-refractivity contribution >= 4 is 10.9 Å². The van der Waals surface area contributed by atoms with E-state index in [-0.39, 0.29) is 6.04 Å². The molecule has 170 valence electrons. The molecule has 0 spiro atoms. The molecule has 3 saturated heterocycles. The Kier molecular flexibility index (Phi) is 6.99. The van der Waals surface area contributed by atoms with Gasteiger partial charge in [0.05, 0.1) is 25.3 Å². The lowest BCUT2D eigenvalue weighted by atomic mass is 9.72. The standard InChI is InChI=1S/C25H37N3O3/c1-5-17-16-28-11-9-18(17)13-23(28)25(29)21-15-24(31-12-6-10-27(2)3)26-22-8-7-19(30-4)14-20(21)22/h7-8,14-15,17-18,23,25,29H,5-6,9-13,16H2,1-4H3/t17-,18+,23-,25-/m0/s1. The van der Waals surface area contributed by atoms with Gasteiger partial charge in [0.2, 0.25) is 5.88 Å². The van der Waals surface area contributed by atoms with Crippen LogP contribution in [0.3, 0.4) is 0 Å². The van der Waals surface area contributed by atoms with E-state index in [1.165, 1.54) is 12.8 Å². The highest BCUT2D eigenvalue weighted by molar-refractivity contribution is 5.84. The van der Waals surface area contributed by atoms with Gasteiger partial charge in [0, 0.05) is 30.6 Å². The second-order valence-electron chi connectivity index (χ2n) is 9.40. The van der Waals surface area contributed by atoms with Crippen LogP contribution in [0.1, 0.15) is 44.3 Å². The molecule has 4 heterocycles. The third-order valence-electron chi connectivity index (χ3n) is 7.17. The normalized spacial score (nSPS) is 26.4. The lowest BCUT2D eigenvalue weighted by Crippen LogP contribution is -2.55. The molecule has 5 atom stereocenters. The Morgan fingerprint density at radius 1 is 1.29 bits per heavy atom. The van der Waals surface area contributed by atoms with Gasteiger partial charge in [-0.15, -0.1) is 0 Å². The van der Waals surface area contributed by atoms with Crippen molar-refractivity contribution < 1.29 is 14.6 Å². The van der Waals surface area contributed by atoms with Crippen LogP contribution in [0.15, 0.2) is 24.3 Å². The average molecular weight is 428 g/mol. The summed E-state index contributed by atoms with van der Waals surface area (Å²) in [5, 5.41) is 12.5. The molecule has 31 heavy (non-hydrogen) atoms. The maximum atomic E-state index is 11.6. The van der Waals surface area contributed by atoms with Gasteiger partial charge in [-0.2, -0.15) is 0 Å². The summed E-state index contributed by atoms with van der Waals surface area (Å²) in [6.45, 7) is 6.06. The summed E-state index contributed by atoms with van der Waals surface area (Å²) in [5.74, 6) is 2.85.